The number of hydrogen-bond donors (Lipinski definition) is 1. The molecule has 1 aliphatic rings. The van der Waals surface area contributed by atoms with Crippen molar-refractivity contribution in [2.45, 2.75) is 6.92 Å². The molecular formula is C6H6O. The largest absolute Gasteiger partial charge is 0.501 e. The number of aliphatic hydroxyl groups excluding tert-OH is 1. The Bertz CT molecular complexity index is 169. The molecule has 0 saturated carbocycles. The van der Waals surface area contributed by atoms with Crippen molar-refractivity contribution in [3.63, 3.8) is 0 Å². The second kappa shape index (κ2) is 1.28. The van der Waals surface area contributed by atoms with Crippen LogP contribution < -0.4 is 0 Å². The molecule has 0 radical (unpaired) electrons. The minimum Gasteiger partial charge on any atom is -0.501 e. The van der Waals surface area contributed by atoms with E-state index >= 15 is 0 Å². The third kappa shape index (κ3) is 0.729. The summed E-state index contributed by atoms with van der Waals surface area (Å²) in [6, 6.07) is 0. The molecule has 7 heavy (non-hydrogen) atoms. The Kier molecular flexibility index (Phi) is 0.775. The fraction of sp³-hybridized carbons (Fsp3) is 0.167. The zero-order valence-electron chi connectivity index (χ0n) is 4.10. The highest BCUT2D eigenvalue weighted by Crippen LogP contribution is 2.04. The number of hydrogen-bond acceptors (Lipinski definition) is 1. The predicted octanol–water partition coefficient (Wildman–Crippen LogP) is 1.54. The van der Waals surface area contributed by atoms with Gasteiger partial charge in [0.05, 0.1) is 0 Å². The lowest BCUT2D eigenvalue weighted by Gasteiger charge is -1.77. The van der Waals surface area contributed by atoms with Crippen LogP contribution >= 0.6 is 0 Å². The van der Waals surface area contributed by atoms with Gasteiger partial charge in [-0.2, -0.15) is 0 Å². The second-order valence-electron chi connectivity index (χ2n) is 1.56. The fourth-order valence-corrected chi connectivity index (χ4v) is 0.487. The summed E-state index contributed by atoms with van der Waals surface area (Å²) in [5.74, 6) is 0.234. The van der Waals surface area contributed by atoms with Crippen molar-refractivity contribution in [2.75, 3.05) is 0 Å². The molecule has 1 rings (SSSR count). The van der Waals surface area contributed by atoms with Crippen LogP contribution in [0.1, 0.15) is 6.92 Å². The van der Waals surface area contributed by atoms with Crippen LogP contribution in [0, 0.1) is 0 Å². The lowest BCUT2D eigenvalue weighted by molar-refractivity contribution is 0.435. The van der Waals surface area contributed by atoms with E-state index in [4.69, 9.17) is 5.11 Å². The molecule has 0 aromatic carbocycles. The molecule has 0 aromatic heterocycles. The number of allylic oxidation sites excluding steroid dienone is 2. The SMILES string of the molecule is CC1=CC(O)=C=C1. The smallest absolute Gasteiger partial charge is 0.159 e. The highest BCUT2D eigenvalue weighted by Gasteiger charge is 1.90. The van der Waals surface area contributed by atoms with Crippen LogP contribution in [-0.4, -0.2) is 5.11 Å². The quantitative estimate of drug-likeness (QED) is 0.451. The Hall–Kier alpha value is -0.940. The van der Waals surface area contributed by atoms with E-state index in [1.165, 1.54) is 0 Å². The summed E-state index contributed by atoms with van der Waals surface area (Å²) >= 11 is 0. The molecule has 0 heterocycles. The molecule has 0 atom stereocenters. The van der Waals surface area contributed by atoms with Gasteiger partial charge < -0.3 is 5.11 Å². The van der Waals surface area contributed by atoms with Crippen molar-refractivity contribution in [3.8, 4) is 0 Å². The zero-order chi connectivity index (χ0) is 5.28. The highest BCUT2D eigenvalue weighted by atomic mass is 16.3. The second-order valence-corrected chi connectivity index (χ2v) is 1.56. The average molecular weight is 94.1 g/mol. The molecular weight excluding hydrogens is 88.1 g/mol. The van der Waals surface area contributed by atoms with Gasteiger partial charge in [0.1, 0.15) is 0 Å². The molecule has 0 aliphatic heterocycles. The number of aliphatic hydroxyl groups is 1. The molecule has 0 fully saturated rings. The normalized spacial score (nSPS) is 16.7. The van der Waals surface area contributed by atoms with Gasteiger partial charge in [-0.3, -0.25) is 0 Å². The maximum absolute atomic E-state index is 8.60. The van der Waals surface area contributed by atoms with Crippen LogP contribution in [0.15, 0.2) is 29.2 Å². The van der Waals surface area contributed by atoms with Crippen LogP contribution in [0.2, 0.25) is 0 Å². The van der Waals surface area contributed by atoms with Gasteiger partial charge in [-0.1, -0.05) is 5.73 Å². The molecule has 0 amide bonds. The first-order valence-corrected chi connectivity index (χ1v) is 2.13. The molecule has 0 unspecified atom stereocenters. The molecule has 0 bridgehead atoms. The molecule has 0 aromatic rings. The van der Waals surface area contributed by atoms with Gasteiger partial charge in [0.2, 0.25) is 0 Å². The lowest BCUT2D eigenvalue weighted by atomic mass is 10.3. The summed E-state index contributed by atoms with van der Waals surface area (Å²) in [4.78, 5) is 0. The Labute approximate surface area is 42.3 Å². The van der Waals surface area contributed by atoms with Crippen molar-refractivity contribution in [1.29, 1.82) is 0 Å². The van der Waals surface area contributed by atoms with Gasteiger partial charge in [0.15, 0.2) is 5.76 Å². The molecule has 36 valence electrons. The molecule has 1 heteroatoms. The van der Waals surface area contributed by atoms with Gasteiger partial charge in [-0.05, 0) is 24.6 Å². The van der Waals surface area contributed by atoms with Crippen LogP contribution in [0.5, 0.6) is 0 Å². The molecule has 0 saturated heterocycles. The maximum atomic E-state index is 8.60. The van der Waals surface area contributed by atoms with Gasteiger partial charge in [-0.25, -0.2) is 0 Å². The molecule has 1 N–H and O–H groups in total. The van der Waals surface area contributed by atoms with E-state index in [1.807, 2.05) is 6.92 Å². The van der Waals surface area contributed by atoms with Gasteiger partial charge in [0.25, 0.3) is 0 Å². The van der Waals surface area contributed by atoms with Crippen molar-refractivity contribution in [1.82, 2.24) is 0 Å². The summed E-state index contributed by atoms with van der Waals surface area (Å²) in [6.07, 6.45) is 3.41. The first kappa shape index (κ1) is 4.23. The third-order valence-electron chi connectivity index (χ3n) is 0.812. The Morgan fingerprint density at radius 2 is 2.43 bits per heavy atom. The van der Waals surface area contributed by atoms with Crippen LogP contribution in [-0.2, 0) is 0 Å². The highest BCUT2D eigenvalue weighted by molar-refractivity contribution is 5.31. The average Bonchev–Trinajstić information content (AvgIpc) is 1.87. The summed E-state index contributed by atoms with van der Waals surface area (Å²) in [6.45, 7) is 1.91. The first-order valence-electron chi connectivity index (χ1n) is 2.13. The van der Waals surface area contributed by atoms with E-state index in [-0.39, 0.29) is 5.76 Å². The molecule has 1 nitrogen and oxygen atoms in total. The minimum atomic E-state index is 0.234. The molecule has 0 spiro atoms. The summed E-state index contributed by atoms with van der Waals surface area (Å²) in [5.41, 5.74) is 3.68. The van der Waals surface area contributed by atoms with Gasteiger partial charge >= 0.3 is 0 Å². The van der Waals surface area contributed by atoms with E-state index in [1.54, 1.807) is 12.2 Å². The summed E-state index contributed by atoms with van der Waals surface area (Å²) in [7, 11) is 0. The lowest BCUT2D eigenvalue weighted by Crippen LogP contribution is -1.63. The van der Waals surface area contributed by atoms with Crippen LogP contribution in [0.25, 0.3) is 0 Å². The van der Waals surface area contributed by atoms with Crippen molar-refractivity contribution in [3.05, 3.63) is 29.2 Å². The monoisotopic (exact) mass is 94.0 g/mol. The van der Waals surface area contributed by atoms with E-state index in [0.29, 0.717) is 0 Å². The first-order chi connectivity index (χ1) is 3.29. The zero-order valence-corrected chi connectivity index (χ0v) is 4.10. The predicted molar refractivity (Wildman–Crippen MR) is 28.0 cm³/mol. The minimum absolute atomic E-state index is 0.234. The van der Waals surface area contributed by atoms with E-state index in [9.17, 15) is 0 Å². The molecule has 1 aliphatic carbocycles. The fourth-order valence-electron chi connectivity index (χ4n) is 0.487. The Balaban J connectivity index is 2.92. The van der Waals surface area contributed by atoms with E-state index in [2.05, 4.69) is 5.73 Å². The third-order valence-corrected chi connectivity index (χ3v) is 0.812. The maximum Gasteiger partial charge on any atom is 0.159 e. The Morgan fingerprint density at radius 3 is 2.57 bits per heavy atom. The van der Waals surface area contributed by atoms with Crippen LogP contribution in [0.3, 0.4) is 0 Å². The number of rotatable bonds is 0. The van der Waals surface area contributed by atoms with E-state index in [0.717, 1.165) is 5.57 Å². The summed E-state index contributed by atoms with van der Waals surface area (Å²) in [5, 5.41) is 8.60. The standard InChI is InChI=1S/C6H6O/c1-5-2-3-6(7)4-5/h2,4,7H,1H3. The van der Waals surface area contributed by atoms with Crippen molar-refractivity contribution in [2.24, 2.45) is 0 Å². The van der Waals surface area contributed by atoms with Gasteiger partial charge in [-0.15, -0.1) is 0 Å². The van der Waals surface area contributed by atoms with Crippen molar-refractivity contribution < 1.29 is 5.11 Å². The van der Waals surface area contributed by atoms with Crippen molar-refractivity contribution >= 4 is 0 Å². The van der Waals surface area contributed by atoms with Gasteiger partial charge in [0, 0.05) is 0 Å². The topological polar surface area (TPSA) is 20.2 Å². The van der Waals surface area contributed by atoms with Crippen LogP contribution in [0.4, 0.5) is 0 Å². The Morgan fingerprint density at radius 1 is 1.71 bits per heavy atom. The summed E-state index contributed by atoms with van der Waals surface area (Å²) < 4.78 is 0. The van der Waals surface area contributed by atoms with E-state index < -0.39 is 0 Å².